The number of nitro groups is 1. The smallest absolute Gasteiger partial charge is 0.314 e. The lowest BCUT2D eigenvalue weighted by Gasteiger charge is -2.07. The van der Waals surface area contributed by atoms with E-state index in [1.165, 1.54) is 12.0 Å². The highest BCUT2D eigenvalue weighted by atomic mass is 16.6. The molecule has 0 atom stereocenters. The van der Waals surface area contributed by atoms with Gasteiger partial charge in [0.25, 0.3) is 0 Å². The molecule has 0 amide bonds. The van der Waals surface area contributed by atoms with E-state index in [4.69, 9.17) is 0 Å². The number of hydrogen-bond acceptors (Lipinski definition) is 4. The standard InChI is InChI=1S/C13H17N3O2/c1-10-6-8-14-13(12(10)16(17)18)15-9-7-11-4-2-3-5-11/h4,6,8H,2-3,5,7,9H2,1H3,(H,14,15). The number of aryl methyl sites for hydroxylation is 1. The summed E-state index contributed by atoms with van der Waals surface area (Å²) in [5.41, 5.74) is 2.16. The number of rotatable bonds is 5. The van der Waals surface area contributed by atoms with Crippen molar-refractivity contribution >= 4 is 11.5 Å². The van der Waals surface area contributed by atoms with Gasteiger partial charge >= 0.3 is 5.69 Å². The Morgan fingerprint density at radius 3 is 3.06 bits per heavy atom. The third kappa shape index (κ3) is 2.85. The number of allylic oxidation sites excluding steroid dienone is 1. The molecule has 5 nitrogen and oxygen atoms in total. The van der Waals surface area contributed by atoms with Crippen LogP contribution in [0.2, 0.25) is 0 Å². The summed E-state index contributed by atoms with van der Waals surface area (Å²) in [6.07, 6.45) is 8.35. The molecule has 0 saturated carbocycles. The minimum absolute atomic E-state index is 0.0814. The molecule has 1 aliphatic carbocycles. The summed E-state index contributed by atoms with van der Waals surface area (Å²) in [6, 6.07) is 1.66. The molecule has 96 valence electrons. The fraction of sp³-hybridized carbons (Fsp3) is 0.462. The van der Waals surface area contributed by atoms with Gasteiger partial charge < -0.3 is 5.32 Å². The fourth-order valence-corrected chi connectivity index (χ4v) is 2.22. The van der Waals surface area contributed by atoms with Crippen molar-refractivity contribution in [2.45, 2.75) is 32.6 Å². The molecule has 18 heavy (non-hydrogen) atoms. The molecule has 0 bridgehead atoms. The maximum absolute atomic E-state index is 11.0. The molecule has 0 saturated heterocycles. The highest BCUT2D eigenvalue weighted by Crippen LogP contribution is 2.26. The van der Waals surface area contributed by atoms with Crippen LogP contribution in [0.25, 0.3) is 0 Å². The van der Waals surface area contributed by atoms with Gasteiger partial charge in [-0.3, -0.25) is 10.1 Å². The second-order valence-corrected chi connectivity index (χ2v) is 4.51. The number of nitrogens with zero attached hydrogens (tertiary/aromatic N) is 2. The summed E-state index contributed by atoms with van der Waals surface area (Å²) >= 11 is 0. The third-order valence-electron chi connectivity index (χ3n) is 3.18. The summed E-state index contributed by atoms with van der Waals surface area (Å²) < 4.78 is 0. The monoisotopic (exact) mass is 247 g/mol. The van der Waals surface area contributed by atoms with Gasteiger partial charge in [-0.25, -0.2) is 4.98 Å². The normalized spacial score (nSPS) is 14.4. The Kier molecular flexibility index (Phi) is 3.92. The first kappa shape index (κ1) is 12.5. The number of nitrogens with one attached hydrogen (secondary N) is 1. The van der Waals surface area contributed by atoms with Crippen LogP contribution in [-0.4, -0.2) is 16.5 Å². The maximum atomic E-state index is 11.0. The molecule has 5 heteroatoms. The lowest BCUT2D eigenvalue weighted by atomic mass is 10.1. The predicted octanol–water partition coefficient (Wildman–Crippen LogP) is 3.21. The van der Waals surface area contributed by atoms with Crippen molar-refractivity contribution in [3.63, 3.8) is 0 Å². The molecule has 0 radical (unpaired) electrons. The molecule has 2 rings (SSSR count). The van der Waals surface area contributed by atoms with Crippen molar-refractivity contribution in [2.75, 3.05) is 11.9 Å². The molecule has 1 aliphatic rings. The molecule has 0 aliphatic heterocycles. The second kappa shape index (κ2) is 5.62. The highest BCUT2D eigenvalue weighted by Gasteiger charge is 2.17. The maximum Gasteiger partial charge on any atom is 0.314 e. The molecular weight excluding hydrogens is 230 g/mol. The van der Waals surface area contributed by atoms with Crippen molar-refractivity contribution in [1.82, 2.24) is 4.98 Å². The average Bonchev–Trinajstić information content (AvgIpc) is 2.81. The van der Waals surface area contributed by atoms with E-state index in [2.05, 4.69) is 16.4 Å². The fourth-order valence-electron chi connectivity index (χ4n) is 2.22. The van der Waals surface area contributed by atoms with Gasteiger partial charge in [0.15, 0.2) is 0 Å². The quantitative estimate of drug-likeness (QED) is 0.493. The van der Waals surface area contributed by atoms with E-state index in [-0.39, 0.29) is 10.6 Å². The van der Waals surface area contributed by atoms with Crippen LogP contribution >= 0.6 is 0 Å². The molecule has 1 N–H and O–H groups in total. The van der Waals surface area contributed by atoms with Crippen LogP contribution in [0.15, 0.2) is 23.9 Å². The topological polar surface area (TPSA) is 68.1 Å². The molecule has 0 fully saturated rings. The van der Waals surface area contributed by atoms with Crippen LogP contribution < -0.4 is 5.32 Å². The first-order valence-corrected chi connectivity index (χ1v) is 6.20. The van der Waals surface area contributed by atoms with Gasteiger partial charge in [0.2, 0.25) is 5.82 Å². The van der Waals surface area contributed by atoms with Crippen molar-refractivity contribution in [1.29, 1.82) is 0 Å². The van der Waals surface area contributed by atoms with Gasteiger partial charge in [0, 0.05) is 18.3 Å². The van der Waals surface area contributed by atoms with E-state index in [1.807, 2.05) is 0 Å². The van der Waals surface area contributed by atoms with Gasteiger partial charge in [-0.1, -0.05) is 11.6 Å². The average molecular weight is 247 g/mol. The summed E-state index contributed by atoms with van der Waals surface area (Å²) in [5, 5.41) is 14.0. The van der Waals surface area contributed by atoms with Crippen LogP contribution in [0.3, 0.4) is 0 Å². The van der Waals surface area contributed by atoms with E-state index < -0.39 is 0 Å². The van der Waals surface area contributed by atoms with E-state index >= 15 is 0 Å². The van der Waals surface area contributed by atoms with E-state index in [9.17, 15) is 10.1 Å². The van der Waals surface area contributed by atoms with Crippen LogP contribution in [-0.2, 0) is 0 Å². The Morgan fingerprint density at radius 2 is 2.39 bits per heavy atom. The third-order valence-corrected chi connectivity index (χ3v) is 3.18. The summed E-state index contributed by atoms with van der Waals surface area (Å²) in [4.78, 5) is 14.7. The predicted molar refractivity (Wildman–Crippen MR) is 70.7 cm³/mol. The van der Waals surface area contributed by atoms with Crippen LogP contribution in [0.5, 0.6) is 0 Å². The van der Waals surface area contributed by atoms with Crippen molar-refractivity contribution in [2.24, 2.45) is 0 Å². The Hall–Kier alpha value is -1.91. The first-order valence-electron chi connectivity index (χ1n) is 6.20. The molecule has 1 aromatic rings. The van der Waals surface area contributed by atoms with Gasteiger partial charge in [0.1, 0.15) is 0 Å². The van der Waals surface area contributed by atoms with Gasteiger partial charge in [0.05, 0.1) is 4.92 Å². The Labute approximate surface area is 106 Å². The lowest BCUT2D eigenvalue weighted by Crippen LogP contribution is -2.07. The Bertz CT molecular complexity index is 483. The van der Waals surface area contributed by atoms with Gasteiger partial charge in [-0.05, 0) is 38.7 Å². The summed E-state index contributed by atoms with van der Waals surface area (Å²) in [6.45, 7) is 2.42. The van der Waals surface area contributed by atoms with Crippen molar-refractivity contribution in [3.05, 3.63) is 39.6 Å². The highest BCUT2D eigenvalue weighted by molar-refractivity contribution is 5.59. The summed E-state index contributed by atoms with van der Waals surface area (Å²) in [7, 11) is 0. The first-order chi connectivity index (χ1) is 8.68. The van der Waals surface area contributed by atoms with E-state index in [0.29, 0.717) is 17.9 Å². The zero-order chi connectivity index (χ0) is 13.0. The lowest BCUT2D eigenvalue weighted by molar-refractivity contribution is -0.384. The van der Waals surface area contributed by atoms with Crippen LogP contribution in [0.4, 0.5) is 11.5 Å². The number of aromatic nitrogens is 1. The van der Waals surface area contributed by atoms with Gasteiger partial charge in [-0.2, -0.15) is 0 Å². The molecule has 0 unspecified atom stereocenters. The zero-order valence-corrected chi connectivity index (χ0v) is 10.5. The minimum Gasteiger partial charge on any atom is -0.364 e. The van der Waals surface area contributed by atoms with Crippen LogP contribution in [0, 0.1) is 17.0 Å². The minimum atomic E-state index is -0.375. The van der Waals surface area contributed by atoms with Gasteiger partial charge in [-0.15, -0.1) is 0 Å². The van der Waals surface area contributed by atoms with Crippen LogP contribution in [0.1, 0.15) is 31.2 Å². The molecule has 0 spiro atoms. The van der Waals surface area contributed by atoms with Crippen molar-refractivity contribution < 1.29 is 4.92 Å². The Morgan fingerprint density at radius 1 is 1.56 bits per heavy atom. The van der Waals surface area contributed by atoms with Crippen molar-refractivity contribution in [3.8, 4) is 0 Å². The molecule has 0 aromatic carbocycles. The largest absolute Gasteiger partial charge is 0.364 e. The molecule has 1 aromatic heterocycles. The molecule has 1 heterocycles. The Balaban J connectivity index is 2.00. The number of anilines is 1. The van der Waals surface area contributed by atoms with E-state index in [0.717, 1.165) is 19.3 Å². The number of pyridine rings is 1. The zero-order valence-electron chi connectivity index (χ0n) is 10.5. The second-order valence-electron chi connectivity index (χ2n) is 4.51. The molecular formula is C13H17N3O2. The summed E-state index contributed by atoms with van der Waals surface area (Å²) in [5.74, 6) is 0.374. The number of hydrogen-bond donors (Lipinski definition) is 1. The SMILES string of the molecule is Cc1ccnc(NCCC2=CCCC2)c1[N+](=O)[O-]. The van der Waals surface area contributed by atoms with E-state index in [1.54, 1.807) is 19.2 Å².